The summed E-state index contributed by atoms with van der Waals surface area (Å²) >= 11 is 1.37. The predicted octanol–water partition coefficient (Wildman–Crippen LogP) is 1.85. The Morgan fingerprint density at radius 3 is 2.50 bits per heavy atom. The van der Waals surface area contributed by atoms with Gasteiger partial charge in [-0.2, -0.15) is 0 Å². The molecule has 9 heteroatoms. The number of carbonyl (C=O) groups is 2. The molecular weight excluding hydrogens is 352 g/mol. The van der Waals surface area contributed by atoms with E-state index in [0.29, 0.717) is 36.5 Å². The Hall–Kier alpha value is -2.94. The number of carbonyl (C=O) groups excluding carboxylic acids is 2. The molecule has 1 aliphatic heterocycles. The Balaban J connectivity index is 1.38. The Morgan fingerprint density at radius 2 is 1.88 bits per heavy atom. The number of rotatable bonds is 4. The summed E-state index contributed by atoms with van der Waals surface area (Å²) in [6.45, 7) is 1.16. The van der Waals surface area contributed by atoms with E-state index in [1.54, 1.807) is 23.2 Å². The van der Waals surface area contributed by atoms with Gasteiger partial charge in [-0.3, -0.25) is 9.59 Å². The zero-order valence-corrected chi connectivity index (χ0v) is 14.7. The van der Waals surface area contributed by atoms with Gasteiger partial charge >= 0.3 is 0 Å². The summed E-state index contributed by atoms with van der Waals surface area (Å²) < 4.78 is 1.53. The first-order chi connectivity index (χ1) is 12.7. The number of hydrogen-bond acceptors (Lipinski definition) is 7. The summed E-state index contributed by atoms with van der Waals surface area (Å²) in [5.74, 6) is 0.0266. The number of Topliss-reactive ketones (excluding diaryl/α,β-unsaturated/α-hetero) is 1. The van der Waals surface area contributed by atoms with Crippen LogP contribution in [0.4, 0.5) is 0 Å². The van der Waals surface area contributed by atoms with Gasteiger partial charge in [-0.15, -0.1) is 16.4 Å². The standard InChI is InChI=1S/C17H16N6O2S/c24-15(16-18-7-10-26-16)12-5-8-22(9-6-12)17(25)13-1-3-14(4-2-13)23-11-19-20-21-23/h1-4,7,10-12H,5-6,8-9H2. The van der Waals surface area contributed by atoms with E-state index in [1.807, 2.05) is 17.5 Å². The molecule has 132 valence electrons. The maximum atomic E-state index is 12.7. The lowest BCUT2D eigenvalue weighted by atomic mass is 9.92. The van der Waals surface area contributed by atoms with Crippen molar-refractivity contribution in [3.63, 3.8) is 0 Å². The molecule has 1 fully saturated rings. The molecule has 0 radical (unpaired) electrons. The highest BCUT2D eigenvalue weighted by molar-refractivity contribution is 7.11. The second-order valence-corrected chi connectivity index (χ2v) is 6.96. The molecule has 3 aromatic rings. The molecule has 2 aromatic heterocycles. The van der Waals surface area contributed by atoms with Crippen LogP contribution in [0.5, 0.6) is 0 Å². The minimum absolute atomic E-state index is 0.0200. The molecule has 26 heavy (non-hydrogen) atoms. The molecule has 4 rings (SSSR count). The van der Waals surface area contributed by atoms with Gasteiger partial charge in [0.25, 0.3) is 5.91 Å². The quantitative estimate of drug-likeness (QED) is 0.653. The summed E-state index contributed by atoms with van der Waals surface area (Å²) in [6, 6.07) is 7.16. The fourth-order valence-corrected chi connectivity index (χ4v) is 3.74. The van der Waals surface area contributed by atoms with Gasteiger partial charge in [0.2, 0.25) is 0 Å². The number of benzene rings is 1. The number of aromatic nitrogens is 5. The molecule has 0 spiro atoms. The van der Waals surface area contributed by atoms with Crippen molar-refractivity contribution in [2.75, 3.05) is 13.1 Å². The summed E-state index contributed by atoms with van der Waals surface area (Å²) in [5.41, 5.74) is 1.41. The second-order valence-electron chi connectivity index (χ2n) is 6.07. The molecule has 1 aromatic carbocycles. The van der Waals surface area contributed by atoms with Crippen LogP contribution in [-0.4, -0.2) is 54.9 Å². The minimum atomic E-state index is -0.0487. The number of ketones is 1. The maximum absolute atomic E-state index is 12.7. The SMILES string of the molecule is O=C(c1nccs1)C1CCN(C(=O)c2ccc(-n3cnnn3)cc2)CC1. The molecule has 1 aliphatic rings. The lowest BCUT2D eigenvalue weighted by molar-refractivity contribution is 0.0650. The van der Waals surface area contributed by atoms with Crippen molar-refractivity contribution < 1.29 is 9.59 Å². The van der Waals surface area contributed by atoms with Crippen LogP contribution in [-0.2, 0) is 0 Å². The smallest absolute Gasteiger partial charge is 0.253 e. The van der Waals surface area contributed by atoms with Crippen LogP contribution >= 0.6 is 11.3 Å². The van der Waals surface area contributed by atoms with Crippen molar-refractivity contribution in [2.45, 2.75) is 12.8 Å². The predicted molar refractivity (Wildman–Crippen MR) is 94.2 cm³/mol. The third-order valence-corrected chi connectivity index (χ3v) is 5.31. The Labute approximate surface area is 153 Å². The number of thiazole rings is 1. The number of likely N-dealkylation sites (tertiary alicyclic amines) is 1. The van der Waals surface area contributed by atoms with E-state index in [1.165, 1.54) is 22.3 Å². The van der Waals surface area contributed by atoms with Gasteiger partial charge in [-0.25, -0.2) is 9.67 Å². The van der Waals surface area contributed by atoms with Gasteiger partial charge in [-0.1, -0.05) is 0 Å². The molecule has 0 aliphatic carbocycles. The highest BCUT2D eigenvalue weighted by atomic mass is 32.1. The van der Waals surface area contributed by atoms with E-state index < -0.39 is 0 Å². The lowest BCUT2D eigenvalue weighted by Gasteiger charge is -2.31. The van der Waals surface area contributed by atoms with E-state index in [4.69, 9.17) is 0 Å². The van der Waals surface area contributed by atoms with Crippen molar-refractivity contribution >= 4 is 23.0 Å². The van der Waals surface area contributed by atoms with Crippen molar-refractivity contribution in [2.24, 2.45) is 5.92 Å². The first-order valence-electron chi connectivity index (χ1n) is 8.29. The van der Waals surface area contributed by atoms with Crippen LogP contribution in [0.2, 0.25) is 0 Å². The highest BCUT2D eigenvalue weighted by Crippen LogP contribution is 2.24. The molecule has 8 nitrogen and oxygen atoms in total. The van der Waals surface area contributed by atoms with Crippen LogP contribution in [0.1, 0.15) is 33.0 Å². The van der Waals surface area contributed by atoms with Gasteiger partial charge in [0.05, 0.1) is 5.69 Å². The summed E-state index contributed by atoms with van der Waals surface area (Å²) in [4.78, 5) is 31.0. The average molecular weight is 368 g/mol. The summed E-state index contributed by atoms with van der Waals surface area (Å²) in [5, 5.41) is 13.4. The molecular formula is C17H16N6O2S. The Bertz CT molecular complexity index is 884. The van der Waals surface area contributed by atoms with Gasteiger partial charge in [0.15, 0.2) is 10.8 Å². The van der Waals surface area contributed by atoms with Crippen molar-refractivity contribution in [1.82, 2.24) is 30.1 Å². The van der Waals surface area contributed by atoms with E-state index in [2.05, 4.69) is 20.5 Å². The van der Waals surface area contributed by atoms with E-state index in [9.17, 15) is 9.59 Å². The van der Waals surface area contributed by atoms with Crippen molar-refractivity contribution in [1.29, 1.82) is 0 Å². The third-order valence-electron chi connectivity index (χ3n) is 4.52. The summed E-state index contributed by atoms with van der Waals surface area (Å²) in [7, 11) is 0. The first kappa shape index (κ1) is 16.5. The van der Waals surface area contributed by atoms with Crippen molar-refractivity contribution in [3.05, 3.63) is 52.7 Å². The van der Waals surface area contributed by atoms with E-state index in [0.717, 1.165) is 5.69 Å². The molecule has 0 atom stereocenters. The van der Waals surface area contributed by atoms with Crippen LogP contribution < -0.4 is 0 Å². The monoisotopic (exact) mass is 368 g/mol. The Morgan fingerprint density at radius 1 is 1.12 bits per heavy atom. The van der Waals surface area contributed by atoms with Crippen LogP contribution in [0.3, 0.4) is 0 Å². The lowest BCUT2D eigenvalue weighted by Crippen LogP contribution is -2.40. The van der Waals surface area contributed by atoms with Gasteiger partial charge < -0.3 is 4.90 Å². The van der Waals surface area contributed by atoms with E-state index >= 15 is 0 Å². The first-order valence-corrected chi connectivity index (χ1v) is 9.17. The van der Waals surface area contributed by atoms with Gasteiger partial charge in [-0.05, 0) is 47.5 Å². The zero-order valence-electron chi connectivity index (χ0n) is 13.9. The van der Waals surface area contributed by atoms with Crippen molar-refractivity contribution in [3.8, 4) is 5.69 Å². The fraction of sp³-hybridized carbons (Fsp3) is 0.294. The maximum Gasteiger partial charge on any atom is 0.253 e. The molecule has 0 saturated carbocycles. The normalized spacial score (nSPS) is 15.2. The van der Waals surface area contributed by atoms with E-state index in [-0.39, 0.29) is 17.6 Å². The number of amides is 1. The fourth-order valence-electron chi connectivity index (χ4n) is 3.08. The molecule has 3 heterocycles. The second kappa shape index (κ2) is 7.12. The molecule has 1 amide bonds. The zero-order chi connectivity index (χ0) is 17.9. The van der Waals surface area contributed by atoms with Gasteiger partial charge in [0, 0.05) is 36.1 Å². The molecule has 0 bridgehead atoms. The number of hydrogen-bond donors (Lipinski definition) is 0. The number of piperidine rings is 1. The number of nitrogens with zero attached hydrogens (tertiary/aromatic N) is 6. The van der Waals surface area contributed by atoms with Crippen LogP contribution in [0.25, 0.3) is 5.69 Å². The minimum Gasteiger partial charge on any atom is -0.339 e. The summed E-state index contributed by atoms with van der Waals surface area (Å²) in [6.07, 6.45) is 4.50. The molecule has 0 unspecified atom stereocenters. The molecule has 1 saturated heterocycles. The third kappa shape index (κ3) is 3.25. The highest BCUT2D eigenvalue weighted by Gasteiger charge is 2.29. The molecule has 0 N–H and O–H groups in total. The largest absolute Gasteiger partial charge is 0.339 e. The average Bonchev–Trinajstić information content (AvgIpc) is 3.41. The van der Waals surface area contributed by atoms with Crippen LogP contribution in [0.15, 0.2) is 42.2 Å². The topological polar surface area (TPSA) is 93.9 Å². The van der Waals surface area contributed by atoms with Gasteiger partial charge in [0.1, 0.15) is 6.33 Å². The Kier molecular flexibility index (Phi) is 4.53. The van der Waals surface area contributed by atoms with Crippen LogP contribution in [0, 0.1) is 5.92 Å². The number of tetrazole rings is 1.